The van der Waals surface area contributed by atoms with Crippen LogP contribution in [-0.4, -0.2) is 54.7 Å². The van der Waals surface area contributed by atoms with Gasteiger partial charge in [0.15, 0.2) is 0 Å². The van der Waals surface area contributed by atoms with Crippen molar-refractivity contribution in [2.24, 2.45) is 0 Å². The summed E-state index contributed by atoms with van der Waals surface area (Å²) in [6.45, 7) is 0. The van der Waals surface area contributed by atoms with E-state index in [4.69, 9.17) is 0 Å². The number of aromatic nitrogens is 4. The van der Waals surface area contributed by atoms with Gasteiger partial charge in [0.2, 0.25) is 0 Å². The summed E-state index contributed by atoms with van der Waals surface area (Å²) in [4.78, 5) is 17.9. The van der Waals surface area contributed by atoms with Gasteiger partial charge in [-0.1, -0.05) is 101 Å². The van der Waals surface area contributed by atoms with Crippen LogP contribution in [0.25, 0.3) is 0 Å². The molecule has 0 bridgehead atoms. The van der Waals surface area contributed by atoms with Crippen molar-refractivity contribution in [3.63, 3.8) is 0 Å². The Hall–Kier alpha value is -0.230. The van der Waals surface area contributed by atoms with E-state index in [1.165, 1.54) is 10.6 Å². The van der Waals surface area contributed by atoms with Crippen LogP contribution in [0.5, 0.6) is 0 Å². The van der Waals surface area contributed by atoms with Gasteiger partial charge in [-0.25, -0.2) is 0 Å². The first kappa shape index (κ1) is 88.9. The second-order valence-corrected chi connectivity index (χ2v) is 14.1. The van der Waals surface area contributed by atoms with Crippen molar-refractivity contribution in [2.75, 3.05) is 0 Å². The summed E-state index contributed by atoms with van der Waals surface area (Å²) < 4.78 is 0. The molecule has 0 saturated heterocycles. The second kappa shape index (κ2) is 52.9. The third-order valence-electron chi connectivity index (χ3n) is 6.56. The molecule has 0 fully saturated rings. The first-order valence-corrected chi connectivity index (χ1v) is 17.5. The molecule has 16 heteroatoms. The fourth-order valence-corrected chi connectivity index (χ4v) is 8.96. The zero-order chi connectivity index (χ0) is 28.7. The van der Waals surface area contributed by atoms with E-state index in [-0.39, 0.29) is 204 Å². The van der Waals surface area contributed by atoms with E-state index in [9.17, 15) is 0 Å². The fraction of sp³-hybridized carbons (Fsp3) is 0.0952. The maximum atomic E-state index is 4.48. The van der Waals surface area contributed by atoms with Gasteiger partial charge in [0.25, 0.3) is 0 Å². The molecule has 0 amide bonds. The number of hydrogen-bond donors (Lipinski definition) is 0. The quantitative estimate of drug-likeness (QED) is 0.0779. The minimum absolute atomic E-state index is 0. The summed E-state index contributed by atoms with van der Waals surface area (Å²) in [6.07, 6.45) is 11.5. The molecular weight excluding hydrogens is 993 g/mol. The van der Waals surface area contributed by atoms with Gasteiger partial charge in [0, 0.05) is 72.2 Å². The Labute approximate surface area is 436 Å². The van der Waals surface area contributed by atoms with Gasteiger partial charge < -0.3 is 119 Å². The zero-order valence-corrected chi connectivity index (χ0v) is 44.9. The second-order valence-electron chi connectivity index (χ2n) is 9.67. The summed E-state index contributed by atoms with van der Waals surface area (Å²) in [6, 6.07) is 46.0. The molecule has 0 spiro atoms. The van der Waals surface area contributed by atoms with Gasteiger partial charge in [-0.2, -0.15) is 0 Å². The molecule has 310 valence electrons. The molecule has 58 heavy (non-hydrogen) atoms. The summed E-state index contributed by atoms with van der Waals surface area (Å²) in [5, 5.41) is 2.81. The average molecular weight is 1050 g/mol. The predicted octanol–water partition coefficient (Wildman–Crippen LogP) is -8.07. The van der Waals surface area contributed by atoms with Gasteiger partial charge >= 0.3 is 69.4 Å². The Morgan fingerprint density at radius 2 is 0.483 bits per heavy atom. The molecule has 0 aliphatic carbocycles. The predicted molar refractivity (Wildman–Crippen MR) is 228 cm³/mol. The Bertz CT molecular complexity index is 1410. The number of hydrogen-bond acceptors (Lipinski definition) is 4. The Morgan fingerprint density at radius 3 is 0.655 bits per heavy atom. The van der Waals surface area contributed by atoms with Crippen LogP contribution in [0.15, 0.2) is 158 Å². The molecule has 0 atom stereocenters. The molecule has 0 N–H and O–H groups in total. The first-order chi connectivity index (χ1) is 20.8. The van der Waals surface area contributed by atoms with Crippen LogP contribution in [-0.2, 0) is 59.4 Å². The van der Waals surface area contributed by atoms with Gasteiger partial charge in [-0.15, -0.1) is 0 Å². The van der Waals surface area contributed by atoms with Gasteiger partial charge in [-0.3, -0.25) is 19.9 Å². The van der Waals surface area contributed by atoms with E-state index in [2.05, 4.69) is 129 Å². The first-order valence-electron chi connectivity index (χ1n) is 14.0. The molecule has 2 aromatic carbocycles. The molecule has 0 unspecified atom stereocenters. The molecule has 0 aliphatic heterocycles. The molecule has 6 aromatic rings. The number of halogens is 6. The minimum atomic E-state index is -0.333. The van der Waals surface area contributed by atoms with Crippen molar-refractivity contribution < 1.29 is 109 Å². The minimum Gasteiger partial charge on any atom is -1.00 e. The Balaban J connectivity index is -0.0000000572. The monoisotopic (exact) mass is 1040 g/mol. The zero-order valence-electron chi connectivity index (χ0n) is 33.8. The maximum Gasteiger partial charge on any atom is 3.00 e. The van der Waals surface area contributed by atoms with Crippen LogP contribution in [0.1, 0.15) is 22.8 Å². The van der Waals surface area contributed by atoms with Crippen LogP contribution in [0.4, 0.5) is 0 Å². The van der Waals surface area contributed by atoms with Crippen LogP contribution < -0.4 is 85.1 Å². The van der Waals surface area contributed by atoms with E-state index in [0.717, 1.165) is 47.4 Å². The summed E-state index contributed by atoms with van der Waals surface area (Å²) in [7, 11) is -0.667. The third-order valence-corrected chi connectivity index (χ3v) is 11.4. The van der Waals surface area contributed by atoms with Crippen LogP contribution in [0.3, 0.4) is 0 Å². The third kappa shape index (κ3) is 32.5. The average Bonchev–Trinajstić information content (AvgIpc) is 3.07. The van der Waals surface area contributed by atoms with Gasteiger partial charge in [0.1, 0.15) is 0 Å². The van der Waals surface area contributed by atoms with E-state index in [1.54, 1.807) is 0 Å². The van der Waals surface area contributed by atoms with Crippen molar-refractivity contribution >= 4 is 61.2 Å². The summed E-state index contributed by atoms with van der Waals surface area (Å²) in [5.74, 6) is 0. The molecule has 2 radical (unpaired) electrons. The van der Waals surface area contributed by atoms with Crippen molar-refractivity contribution in [3.05, 3.63) is 226 Å². The van der Waals surface area contributed by atoms with E-state index in [0.29, 0.717) is 0 Å². The molecular formula is C42H52Al2Cl6Cr2N4P2. The SMILES string of the molecule is [Al+3].[Al+3].[CH3-].[CH3-].[CH3-].[CH3-].[CH3-].[CH3-].[Cl-].[Cl-].[Cl-].[Cl-].[Cl-].[Cl-].[Cr+3].[Cr+3].c1ccc(P(Cc2ccccn2)Cc2ccccn2)cc1.c1ccc(P(Cc2ccccn2)Cc2ccccn2)cc1. The van der Waals surface area contributed by atoms with Crippen LogP contribution in [0, 0.1) is 44.6 Å². The fourth-order valence-electron chi connectivity index (χ4n) is 4.50. The van der Waals surface area contributed by atoms with E-state index >= 15 is 0 Å². The number of benzene rings is 2. The van der Waals surface area contributed by atoms with Crippen LogP contribution >= 0.6 is 15.8 Å². The maximum absolute atomic E-state index is 4.48. The Kier molecular flexibility index (Phi) is 81.1. The molecule has 0 aliphatic rings. The molecule has 4 nitrogen and oxygen atoms in total. The number of pyridine rings is 4. The molecule has 6 rings (SSSR count). The summed E-state index contributed by atoms with van der Waals surface area (Å²) >= 11 is 0. The van der Waals surface area contributed by atoms with Gasteiger partial charge in [-0.05, 0) is 59.1 Å². The van der Waals surface area contributed by atoms with Crippen molar-refractivity contribution in [3.8, 4) is 0 Å². The van der Waals surface area contributed by atoms with Crippen LogP contribution in [0.2, 0.25) is 0 Å². The van der Waals surface area contributed by atoms with Crippen molar-refractivity contribution in [1.82, 2.24) is 19.9 Å². The summed E-state index contributed by atoms with van der Waals surface area (Å²) in [5.41, 5.74) is 4.62. The smallest absolute Gasteiger partial charge is 1.00 e. The van der Waals surface area contributed by atoms with Crippen molar-refractivity contribution in [1.29, 1.82) is 0 Å². The molecule has 4 aromatic heterocycles. The van der Waals surface area contributed by atoms with Crippen molar-refractivity contribution in [2.45, 2.75) is 24.6 Å². The van der Waals surface area contributed by atoms with E-state index < -0.39 is 0 Å². The number of rotatable bonds is 10. The van der Waals surface area contributed by atoms with E-state index in [1.807, 2.05) is 49.1 Å². The normalized spacial score (nSPS) is 7.76. The van der Waals surface area contributed by atoms with Gasteiger partial charge in [0.05, 0.1) is 0 Å². The molecule has 4 heterocycles. The molecule has 0 saturated carbocycles. The number of nitrogens with zero attached hydrogens (tertiary/aromatic N) is 4. The Morgan fingerprint density at radius 1 is 0.293 bits per heavy atom. The standard InChI is InChI=1S/2C18H17N2P.6CH3.2Al.6ClH.2Cr/c2*1-2-10-18(11-3-1)21(14-16-8-4-6-12-19-16)15-17-9-5-7-13-20-17;;;;;;;;;;;;;;;;/h2*1-13H,14-15H2;6*1H3;;;6*1H;;/q;;6*-1;2*+3;;;;;;;2*+3/p-6. The largest absolute Gasteiger partial charge is 3.00 e. The topological polar surface area (TPSA) is 51.6 Å².